The number of rotatable bonds is 2. The summed E-state index contributed by atoms with van der Waals surface area (Å²) in [6, 6.07) is 18.4. The number of nitrogens with zero attached hydrogens (tertiary/aromatic N) is 1. The molecule has 0 amide bonds. The van der Waals surface area contributed by atoms with Gasteiger partial charge in [-0.15, -0.1) is 0 Å². The van der Waals surface area contributed by atoms with Crippen molar-refractivity contribution in [2.24, 2.45) is 0 Å². The molecule has 0 aliphatic heterocycles. The van der Waals surface area contributed by atoms with Crippen molar-refractivity contribution in [3.05, 3.63) is 77.7 Å². The van der Waals surface area contributed by atoms with E-state index in [4.69, 9.17) is 0 Å². The summed E-state index contributed by atoms with van der Waals surface area (Å²) in [5.74, 6) is -0.221. The quantitative estimate of drug-likeness (QED) is 0.649. The minimum absolute atomic E-state index is 0.221. The van der Waals surface area contributed by atoms with Crippen LogP contribution in [-0.2, 0) is 0 Å². The minimum Gasteiger partial charge on any atom is -0.248 e. The summed E-state index contributed by atoms with van der Waals surface area (Å²) in [4.78, 5) is 4.55. The van der Waals surface area contributed by atoms with E-state index in [2.05, 4.69) is 4.98 Å². The molecule has 19 heavy (non-hydrogen) atoms. The second-order valence-electron chi connectivity index (χ2n) is 4.31. The summed E-state index contributed by atoms with van der Waals surface area (Å²) in [7, 11) is 0. The Labute approximate surface area is 111 Å². The number of aromatic nitrogens is 1. The molecule has 3 aromatic rings. The largest absolute Gasteiger partial charge is 0.248 e. The molecule has 0 aliphatic carbocycles. The molecule has 1 aromatic heterocycles. The number of fused-ring (bicyclic) bond motifs is 1. The van der Waals surface area contributed by atoms with E-state index < -0.39 is 0 Å². The van der Waals surface area contributed by atoms with Gasteiger partial charge in [-0.25, -0.2) is 9.37 Å². The van der Waals surface area contributed by atoms with Crippen molar-refractivity contribution < 1.29 is 4.39 Å². The third-order valence-electron chi connectivity index (χ3n) is 2.94. The number of hydrogen-bond donors (Lipinski definition) is 0. The van der Waals surface area contributed by atoms with E-state index in [9.17, 15) is 4.39 Å². The average molecular weight is 249 g/mol. The molecule has 3 rings (SSSR count). The van der Waals surface area contributed by atoms with Crippen LogP contribution in [0.3, 0.4) is 0 Å². The monoisotopic (exact) mass is 249 g/mol. The Bertz CT molecular complexity index is 730. The fourth-order valence-electron chi connectivity index (χ4n) is 1.93. The van der Waals surface area contributed by atoms with E-state index in [0.717, 1.165) is 22.2 Å². The Morgan fingerprint density at radius 1 is 0.789 bits per heavy atom. The highest BCUT2D eigenvalue weighted by Gasteiger charge is 1.95. The van der Waals surface area contributed by atoms with Crippen molar-refractivity contribution in [2.75, 3.05) is 0 Å². The van der Waals surface area contributed by atoms with E-state index in [1.54, 1.807) is 12.1 Å². The van der Waals surface area contributed by atoms with Gasteiger partial charge in [0.25, 0.3) is 0 Å². The normalized spacial score (nSPS) is 11.2. The first kappa shape index (κ1) is 11.6. The topological polar surface area (TPSA) is 12.9 Å². The Hall–Kier alpha value is -2.48. The molecular formula is C17H12FN. The molecule has 0 unspecified atom stereocenters. The molecule has 0 atom stereocenters. The van der Waals surface area contributed by atoms with Crippen molar-refractivity contribution in [1.82, 2.24) is 4.98 Å². The van der Waals surface area contributed by atoms with E-state index in [-0.39, 0.29) is 5.82 Å². The van der Waals surface area contributed by atoms with Crippen LogP contribution in [0, 0.1) is 5.82 Å². The third-order valence-corrected chi connectivity index (χ3v) is 2.94. The average Bonchev–Trinajstić information content (AvgIpc) is 2.46. The van der Waals surface area contributed by atoms with Gasteiger partial charge in [-0.1, -0.05) is 42.5 Å². The number of benzene rings is 2. The maximum atomic E-state index is 12.8. The lowest BCUT2D eigenvalue weighted by Crippen LogP contribution is -1.82. The molecule has 0 saturated heterocycles. The number of hydrogen-bond acceptors (Lipinski definition) is 1. The van der Waals surface area contributed by atoms with Crippen LogP contribution in [0.25, 0.3) is 23.1 Å². The maximum absolute atomic E-state index is 12.8. The van der Waals surface area contributed by atoms with Crippen LogP contribution in [-0.4, -0.2) is 4.98 Å². The van der Waals surface area contributed by atoms with Crippen LogP contribution in [0.5, 0.6) is 0 Å². The summed E-state index contributed by atoms with van der Waals surface area (Å²) in [6.07, 6.45) is 3.86. The zero-order valence-electron chi connectivity index (χ0n) is 10.3. The highest BCUT2D eigenvalue weighted by Crippen LogP contribution is 2.14. The van der Waals surface area contributed by atoms with Crippen molar-refractivity contribution in [2.45, 2.75) is 0 Å². The van der Waals surface area contributed by atoms with Crippen molar-refractivity contribution in [1.29, 1.82) is 0 Å². The molecule has 1 nitrogen and oxygen atoms in total. The number of pyridine rings is 1. The second kappa shape index (κ2) is 5.02. The van der Waals surface area contributed by atoms with E-state index >= 15 is 0 Å². The first-order valence-electron chi connectivity index (χ1n) is 6.11. The summed E-state index contributed by atoms with van der Waals surface area (Å²) >= 11 is 0. The molecular weight excluding hydrogens is 237 g/mol. The first-order valence-corrected chi connectivity index (χ1v) is 6.11. The Kier molecular flexibility index (Phi) is 3.07. The minimum atomic E-state index is -0.221. The van der Waals surface area contributed by atoms with Crippen molar-refractivity contribution >= 4 is 23.1 Å². The van der Waals surface area contributed by atoms with Crippen LogP contribution >= 0.6 is 0 Å². The van der Waals surface area contributed by atoms with Crippen LogP contribution in [0.1, 0.15) is 11.3 Å². The Morgan fingerprint density at radius 2 is 1.58 bits per heavy atom. The molecule has 0 N–H and O–H groups in total. The molecule has 0 bridgehead atoms. The summed E-state index contributed by atoms with van der Waals surface area (Å²) in [5.41, 5.74) is 2.82. The van der Waals surface area contributed by atoms with Gasteiger partial charge in [-0.2, -0.15) is 0 Å². The van der Waals surface area contributed by atoms with Crippen LogP contribution in [0.2, 0.25) is 0 Å². The molecule has 0 spiro atoms. The van der Waals surface area contributed by atoms with E-state index in [1.165, 1.54) is 12.1 Å². The molecule has 0 fully saturated rings. The van der Waals surface area contributed by atoms with Gasteiger partial charge in [0.05, 0.1) is 11.2 Å². The van der Waals surface area contributed by atoms with E-state index in [1.807, 2.05) is 48.6 Å². The smallest absolute Gasteiger partial charge is 0.123 e. The predicted octanol–water partition coefficient (Wildman–Crippen LogP) is 4.54. The lowest BCUT2D eigenvalue weighted by Gasteiger charge is -1.98. The number of halogens is 1. The standard InChI is InChI=1S/C17H12FN/c18-15-9-5-13(6-10-15)7-11-16-12-8-14-3-1-2-4-17(14)19-16/h1-12H. The van der Waals surface area contributed by atoms with Crippen molar-refractivity contribution in [3.63, 3.8) is 0 Å². The lowest BCUT2D eigenvalue weighted by atomic mass is 10.1. The highest BCUT2D eigenvalue weighted by molar-refractivity contribution is 5.80. The van der Waals surface area contributed by atoms with Gasteiger partial charge in [0.1, 0.15) is 5.82 Å². The van der Waals surface area contributed by atoms with Crippen LogP contribution in [0.4, 0.5) is 4.39 Å². The first-order chi connectivity index (χ1) is 9.31. The van der Waals surface area contributed by atoms with Gasteiger partial charge in [-0.3, -0.25) is 0 Å². The molecule has 0 aliphatic rings. The molecule has 2 aromatic carbocycles. The van der Waals surface area contributed by atoms with Crippen LogP contribution in [0.15, 0.2) is 60.7 Å². The SMILES string of the molecule is Fc1ccc(C=Cc2ccc3ccccc3n2)cc1. The molecule has 0 saturated carbocycles. The van der Waals surface area contributed by atoms with Gasteiger partial charge in [0, 0.05) is 5.39 Å². The summed E-state index contributed by atoms with van der Waals surface area (Å²) in [5, 5.41) is 1.13. The van der Waals surface area contributed by atoms with Gasteiger partial charge in [-0.05, 0) is 35.9 Å². The number of para-hydroxylation sites is 1. The highest BCUT2D eigenvalue weighted by atomic mass is 19.1. The molecule has 2 heteroatoms. The predicted molar refractivity (Wildman–Crippen MR) is 77.1 cm³/mol. The molecule has 1 heterocycles. The maximum Gasteiger partial charge on any atom is 0.123 e. The van der Waals surface area contributed by atoms with Gasteiger partial charge >= 0.3 is 0 Å². The van der Waals surface area contributed by atoms with Crippen LogP contribution < -0.4 is 0 Å². The van der Waals surface area contributed by atoms with Crippen molar-refractivity contribution in [3.8, 4) is 0 Å². The van der Waals surface area contributed by atoms with Gasteiger partial charge in [0.2, 0.25) is 0 Å². The van der Waals surface area contributed by atoms with Gasteiger partial charge < -0.3 is 0 Å². The molecule has 0 radical (unpaired) electrons. The zero-order valence-corrected chi connectivity index (χ0v) is 10.3. The Morgan fingerprint density at radius 3 is 2.42 bits per heavy atom. The fraction of sp³-hybridized carbons (Fsp3) is 0. The third kappa shape index (κ3) is 2.68. The fourth-order valence-corrected chi connectivity index (χ4v) is 1.93. The summed E-state index contributed by atoms with van der Waals surface area (Å²) in [6.45, 7) is 0. The zero-order chi connectivity index (χ0) is 13.1. The summed E-state index contributed by atoms with van der Waals surface area (Å²) < 4.78 is 12.8. The lowest BCUT2D eigenvalue weighted by molar-refractivity contribution is 0.628. The van der Waals surface area contributed by atoms with E-state index in [0.29, 0.717) is 0 Å². The second-order valence-corrected chi connectivity index (χ2v) is 4.31. The molecule has 92 valence electrons. The Balaban J connectivity index is 1.90. The van der Waals surface area contributed by atoms with Gasteiger partial charge in [0.15, 0.2) is 0 Å².